The second kappa shape index (κ2) is 3.68. The molecule has 0 bridgehead atoms. The van der Waals surface area contributed by atoms with Crippen LogP contribution in [-0.2, 0) is 15.3 Å². The van der Waals surface area contributed by atoms with Gasteiger partial charge in [0.25, 0.3) is 0 Å². The van der Waals surface area contributed by atoms with E-state index in [0.29, 0.717) is 0 Å². The van der Waals surface area contributed by atoms with Gasteiger partial charge in [-0.25, -0.2) is 4.79 Å². The zero-order chi connectivity index (χ0) is 14.7. The molecular formula is C14H13NO5. The molecule has 3 rings (SSSR count). The Kier molecular flexibility index (Phi) is 2.36. The molecule has 2 aliphatic rings. The highest BCUT2D eigenvalue weighted by atomic mass is 16.5. The summed E-state index contributed by atoms with van der Waals surface area (Å²) in [6.45, 7) is 1.50. The number of benzene rings is 1. The van der Waals surface area contributed by atoms with Crippen LogP contribution in [0.2, 0.25) is 0 Å². The Morgan fingerprint density at radius 1 is 1.30 bits per heavy atom. The van der Waals surface area contributed by atoms with Gasteiger partial charge in [0.1, 0.15) is 5.57 Å². The first-order valence-corrected chi connectivity index (χ1v) is 6.05. The van der Waals surface area contributed by atoms with Gasteiger partial charge in [-0.15, -0.1) is 0 Å². The number of esters is 1. The number of Topliss-reactive ketones (excluding diaryl/α,β-unsaturated/α-hetero) is 1. The zero-order valence-electron chi connectivity index (χ0n) is 10.9. The molecule has 1 aromatic rings. The smallest absolute Gasteiger partial charge is 0.339 e. The van der Waals surface area contributed by atoms with Crippen LogP contribution in [0.4, 0.5) is 0 Å². The number of ketones is 1. The monoisotopic (exact) mass is 275 g/mol. The Hall–Kier alpha value is -2.18. The van der Waals surface area contributed by atoms with E-state index < -0.39 is 23.1 Å². The third-order valence-electron chi connectivity index (χ3n) is 3.91. The summed E-state index contributed by atoms with van der Waals surface area (Å²) < 4.78 is 4.61. The fourth-order valence-electron chi connectivity index (χ4n) is 3.01. The molecule has 0 saturated heterocycles. The quantitative estimate of drug-likeness (QED) is 0.615. The molecule has 6 heteroatoms. The fraction of sp³-hybridized carbons (Fsp3) is 0.286. The molecular weight excluding hydrogens is 262 g/mol. The van der Waals surface area contributed by atoms with Gasteiger partial charge in [-0.2, -0.15) is 0 Å². The molecule has 0 saturated carbocycles. The van der Waals surface area contributed by atoms with Crippen molar-refractivity contribution in [2.24, 2.45) is 0 Å². The van der Waals surface area contributed by atoms with Crippen LogP contribution in [0.1, 0.15) is 22.8 Å². The van der Waals surface area contributed by atoms with Crippen molar-refractivity contribution < 1.29 is 24.5 Å². The molecule has 6 nitrogen and oxygen atoms in total. The number of nitrogens with one attached hydrogen (secondary N) is 1. The number of ether oxygens (including phenoxy) is 1. The van der Waals surface area contributed by atoms with Crippen molar-refractivity contribution in [2.45, 2.75) is 18.2 Å². The summed E-state index contributed by atoms with van der Waals surface area (Å²) in [5.41, 5.74) is -4.04. The zero-order valence-corrected chi connectivity index (χ0v) is 10.9. The van der Waals surface area contributed by atoms with Crippen LogP contribution in [0.15, 0.2) is 35.5 Å². The fourth-order valence-corrected chi connectivity index (χ4v) is 3.01. The summed E-state index contributed by atoms with van der Waals surface area (Å²) in [6.07, 6.45) is 0. The van der Waals surface area contributed by atoms with Crippen LogP contribution < -0.4 is 5.32 Å². The third kappa shape index (κ3) is 1.16. The van der Waals surface area contributed by atoms with Gasteiger partial charge in [0.05, 0.1) is 7.11 Å². The van der Waals surface area contributed by atoms with E-state index in [4.69, 9.17) is 0 Å². The van der Waals surface area contributed by atoms with Crippen molar-refractivity contribution in [1.82, 2.24) is 5.32 Å². The minimum Gasteiger partial charge on any atom is -0.466 e. The summed E-state index contributed by atoms with van der Waals surface area (Å²) in [5, 5.41) is 24.2. The van der Waals surface area contributed by atoms with Crippen LogP contribution in [0.5, 0.6) is 0 Å². The Morgan fingerprint density at radius 2 is 1.95 bits per heavy atom. The van der Waals surface area contributed by atoms with Gasteiger partial charge >= 0.3 is 5.97 Å². The molecule has 0 spiro atoms. The normalized spacial score (nSPS) is 30.9. The average Bonchev–Trinajstić information content (AvgIpc) is 2.74. The molecule has 20 heavy (non-hydrogen) atoms. The molecule has 0 radical (unpaired) electrons. The Bertz CT molecular complexity index is 680. The van der Waals surface area contributed by atoms with Crippen molar-refractivity contribution in [1.29, 1.82) is 0 Å². The minimum atomic E-state index is -2.37. The van der Waals surface area contributed by atoms with Crippen molar-refractivity contribution in [3.63, 3.8) is 0 Å². The molecule has 1 aromatic carbocycles. The summed E-state index contributed by atoms with van der Waals surface area (Å²) in [7, 11) is 1.15. The Labute approximate surface area is 114 Å². The maximum absolute atomic E-state index is 12.5. The number of allylic oxidation sites excluding steroid dienone is 1. The van der Waals surface area contributed by atoms with Crippen LogP contribution in [-0.4, -0.2) is 34.7 Å². The Balaban J connectivity index is 2.28. The number of aliphatic hydroxyl groups is 2. The first kappa shape index (κ1) is 12.8. The third-order valence-corrected chi connectivity index (χ3v) is 3.91. The molecule has 0 unspecified atom stereocenters. The van der Waals surface area contributed by atoms with E-state index in [1.165, 1.54) is 19.1 Å². The van der Waals surface area contributed by atoms with Crippen LogP contribution in [0.3, 0.4) is 0 Å². The van der Waals surface area contributed by atoms with Gasteiger partial charge in [0.15, 0.2) is 0 Å². The predicted molar refractivity (Wildman–Crippen MR) is 67.5 cm³/mol. The average molecular weight is 275 g/mol. The SMILES string of the molecule is COC(=O)C1=C(C)N[C@]2(O)c3ccccc3C(=O)[C@@]12O. The molecule has 1 heterocycles. The summed E-state index contributed by atoms with van der Waals surface area (Å²) >= 11 is 0. The highest BCUT2D eigenvalue weighted by Crippen LogP contribution is 2.51. The maximum Gasteiger partial charge on any atom is 0.339 e. The minimum absolute atomic E-state index is 0.180. The molecule has 0 aromatic heterocycles. The van der Waals surface area contributed by atoms with Gasteiger partial charge in [-0.05, 0) is 6.92 Å². The van der Waals surface area contributed by atoms with E-state index in [0.717, 1.165) is 7.11 Å². The van der Waals surface area contributed by atoms with Gasteiger partial charge in [-0.3, -0.25) is 4.79 Å². The summed E-state index contributed by atoms with van der Waals surface area (Å²) in [6, 6.07) is 6.30. The number of rotatable bonds is 1. The lowest BCUT2D eigenvalue weighted by Gasteiger charge is -2.31. The molecule has 104 valence electrons. The van der Waals surface area contributed by atoms with Crippen LogP contribution in [0, 0.1) is 0 Å². The number of methoxy groups -OCH3 is 1. The van der Waals surface area contributed by atoms with Gasteiger partial charge in [0.2, 0.25) is 17.1 Å². The van der Waals surface area contributed by atoms with Crippen molar-refractivity contribution in [3.05, 3.63) is 46.7 Å². The van der Waals surface area contributed by atoms with Gasteiger partial charge in [-0.1, -0.05) is 24.3 Å². The lowest BCUT2D eigenvalue weighted by Crippen LogP contribution is -2.56. The first-order valence-electron chi connectivity index (χ1n) is 6.05. The highest BCUT2D eigenvalue weighted by Gasteiger charge is 2.70. The van der Waals surface area contributed by atoms with Crippen molar-refractivity contribution >= 4 is 11.8 Å². The summed E-state index contributed by atoms with van der Waals surface area (Å²) in [4.78, 5) is 24.4. The molecule has 1 aliphatic heterocycles. The number of carbonyl (C=O) groups is 2. The van der Waals surface area contributed by atoms with Crippen LogP contribution >= 0.6 is 0 Å². The van der Waals surface area contributed by atoms with E-state index in [9.17, 15) is 19.8 Å². The largest absolute Gasteiger partial charge is 0.466 e. The second-order valence-corrected chi connectivity index (χ2v) is 4.91. The standard InChI is InChI=1S/C14H13NO5/c1-7-10(12(17)20-2)13(18)11(16)8-5-3-4-6-9(8)14(13,19)15-7/h3-6,15,18-19H,1-2H3/t13-,14-/m0/s1. The van der Waals surface area contributed by atoms with Crippen LogP contribution in [0.25, 0.3) is 0 Å². The number of carbonyl (C=O) groups excluding carboxylic acids is 2. The lowest BCUT2D eigenvalue weighted by molar-refractivity contribution is -0.144. The Morgan fingerprint density at radius 3 is 2.60 bits per heavy atom. The first-order chi connectivity index (χ1) is 9.38. The number of hydrogen-bond donors (Lipinski definition) is 3. The number of hydrogen-bond acceptors (Lipinski definition) is 6. The highest BCUT2D eigenvalue weighted by molar-refractivity contribution is 6.16. The molecule has 3 N–H and O–H groups in total. The summed E-state index contributed by atoms with van der Waals surface area (Å²) in [5.74, 6) is -1.57. The maximum atomic E-state index is 12.5. The predicted octanol–water partition coefficient (Wildman–Crippen LogP) is -0.191. The second-order valence-electron chi connectivity index (χ2n) is 4.91. The van der Waals surface area contributed by atoms with Gasteiger partial charge < -0.3 is 20.3 Å². The van der Waals surface area contributed by atoms with E-state index in [1.807, 2.05) is 0 Å². The van der Waals surface area contributed by atoms with E-state index >= 15 is 0 Å². The lowest BCUT2D eigenvalue weighted by atomic mass is 9.85. The van der Waals surface area contributed by atoms with E-state index in [2.05, 4.69) is 10.1 Å². The topological polar surface area (TPSA) is 95.9 Å². The van der Waals surface area contributed by atoms with Gasteiger partial charge in [0, 0.05) is 16.8 Å². The molecule has 0 amide bonds. The van der Waals surface area contributed by atoms with Crippen molar-refractivity contribution in [3.8, 4) is 0 Å². The number of fused-ring (bicyclic) bond motifs is 3. The molecule has 0 fully saturated rings. The molecule has 2 atom stereocenters. The molecule has 1 aliphatic carbocycles. The van der Waals surface area contributed by atoms with E-state index in [-0.39, 0.29) is 22.4 Å². The van der Waals surface area contributed by atoms with E-state index in [1.54, 1.807) is 12.1 Å². The van der Waals surface area contributed by atoms with Crippen molar-refractivity contribution in [2.75, 3.05) is 7.11 Å².